The second-order valence-electron chi connectivity index (χ2n) is 7.55. The fourth-order valence-corrected chi connectivity index (χ4v) is 5.38. The Kier molecular flexibility index (Phi) is 7.84. The normalized spacial score (nSPS) is 16.2. The van der Waals surface area contributed by atoms with Gasteiger partial charge in [-0.3, -0.25) is 4.79 Å². The van der Waals surface area contributed by atoms with E-state index in [1.54, 1.807) is 18.2 Å². The number of ether oxygens (including phenoxy) is 1. The van der Waals surface area contributed by atoms with Crippen LogP contribution in [0.5, 0.6) is 5.75 Å². The molecule has 34 heavy (non-hydrogen) atoms. The maximum Gasteiger partial charge on any atom is 0.260 e. The molecule has 1 saturated heterocycles. The van der Waals surface area contributed by atoms with Gasteiger partial charge in [0.25, 0.3) is 5.91 Å². The number of carbonyl (C=O) groups excluding carboxylic acids is 1. The number of thioether (sulfide) groups is 1. The summed E-state index contributed by atoms with van der Waals surface area (Å²) in [7, 11) is 0. The standard InChI is InChI=1S/C26H21BrClN3O2S/c1-2-16-7-9-20(10-8-16)30-26-31-25(32)23(34-26)13-17-11-21(27)24(22(28)12-17)33-15-19-6-4-3-5-18(19)14-29/h3-13,26,30H,2,15H2,1H3,(H,31,32)/b23-13-/t26-/m0/s1. The van der Waals surface area contributed by atoms with Gasteiger partial charge >= 0.3 is 0 Å². The Labute approximate surface area is 216 Å². The molecule has 0 spiro atoms. The zero-order chi connectivity index (χ0) is 24.1. The van der Waals surface area contributed by atoms with E-state index in [1.807, 2.05) is 36.4 Å². The van der Waals surface area contributed by atoms with Gasteiger partial charge in [-0.25, -0.2) is 0 Å². The number of carbonyl (C=O) groups is 1. The van der Waals surface area contributed by atoms with E-state index in [-0.39, 0.29) is 18.0 Å². The van der Waals surface area contributed by atoms with Gasteiger partial charge in [0.05, 0.1) is 26.0 Å². The van der Waals surface area contributed by atoms with E-state index >= 15 is 0 Å². The number of nitrogens with zero attached hydrogens (tertiary/aromatic N) is 1. The maximum absolute atomic E-state index is 12.5. The molecule has 1 aliphatic rings. The number of anilines is 1. The second-order valence-corrected chi connectivity index (χ2v) is 9.95. The fourth-order valence-electron chi connectivity index (χ4n) is 3.41. The molecule has 0 bridgehead atoms. The summed E-state index contributed by atoms with van der Waals surface area (Å²) < 4.78 is 6.56. The van der Waals surface area contributed by atoms with Crippen molar-refractivity contribution in [3.8, 4) is 11.8 Å². The molecule has 3 aromatic carbocycles. The Morgan fingerprint density at radius 3 is 2.71 bits per heavy atom. The van der Waals surface area contributed by atoms with E-state index in [9.17, 15) is 10.1 Å². The second kappa shape index (κ2) is 11.0. The van der Waals surface area contributed by atoms with Crippen LogP contribution >= 0.6 is 39.3 Å². The SMILES string of the molecule is CCc1ccc(N[C@H]2NC(=O)/C(=C/c3cc(Cl)c(OCc4ccccc4C#N)c(Br)c3)S2)cc1. The minimum absolute atomic E-state index is 0.145. The molecular weight excluding hydrogens is 534 g/mol. The van der Waals surface area contributed by atoms with Crippen molar-refractivity contribution in [2.75, 3.05) is 5.32 Å². The van der Waals surface area contributed by atoms with Crippen LogP contribution in [0.2, 0.25) is 5.02 Å². The van der Waals surface area contributed by atoms with Crippen molar-refractivity contribution < 1.29 is 9.53 Å². The van der Waals surface area contributed by atoms with E-state index in [0.717, 1.165) is 23.2 Å². The van der Waals surface area contributed by atoms with Crippen molar-refractivity contribution in [2.45, 2.75) is 25.4 Å². The third-order valence-electron chi connectivity index (χ3n) is 5.22. The lowest BCUT2D eigenvalue weighted by Gasteiger charge is -2.13. The molecule has 0 radical (unpaired) electrons. The summed E-state index contributed by atoms with van der Waals surface area (Å²) in [6, 6.07) is 21.2. The Bertz CT molecular complexity index is 1260. The molecule has 5 nitrogen and oxygen atoms in total. The number of hydrogen-bond donors (Lipinski definition) is 2. The van der Waals surface area contributed by atoms with Gasteiger partial charge in [0.2, 0.25) is 0 Å². The van der Waals surface area contributed by atoms with Crippen molar-refractivity contribution in [2.24, 2.45) is 0 Å². The lowest BCUT2D eigenvalue weighted by Crippen LogP contribution is -2.30. The molecule has 8 heteroatoms. The van der Waals surface area contributed by atoms with Crippen LogP contribution < -0.4 is 15.4 Å². The number of benzene rings is 3. The number of hydrogen-bond acceptors (Lipinski definition) is 5. The zero-order valence-corrected chi connectivity index (χ0v) is 21.4. The van der Waals surface area contributed by atoms with Crippen molar-refractivity contribution in [3.05, 3.63) is 97.3 Å². The number of nitriles is 1. The number of amides is 1. The lowest BCUT2D eigenvalue weighted by molar-refractivity contribution is -0.116. The molecule has 172 valence electrons. The number of aryl methyl sites for hydroxylation is 1. The molecular formula is C26H21BrClN3O2S. The third-order valence-corrected chi connectivity index (χ3v) is 7.12. The van der Waals surface area contributed by atoms with Gasteiger partial charge in [0.15, 0.2) is 11.2 Å². The molecule has 3 aromatic rings. The van der Waals surface area contributed by atoms with Crippen LogP contribution in [0.4, 0.5) is 5.69 Å². The summed E-state index contributed by atoms with van der Waals surface area (Å²) in [5.41, 5.74) is 4.06. The molecule has 0 unspecified atom stereocenters. The minimum atomic E-state index is -0.257. The smallest absolute Gasteiger partial charge is 0.260 e. The van der Waals surface area contributed by atoms with Gasteiger partial charge in [-0.1, -0.05) is 60.6 Å². The summed E-state index contributed by atoms with van der Waals surface area (Å²) >= 11 is 11.4. The molecule has 0 aliphatic carbocycles. The largest absolute Gasteiger partial charge is 0.486 e. The van der Waals surface area contributed by atoms with Crippen LogP contribution in [0.1, 0.15) is 29.2 Å². The Morgan fingerprint density at radius 1 is 1.24 bits per heavy atom. The van der Waals surface area contributed by atoms with Crippen molar-refractivity contribution >= 4 is 57.0 Å². The summed E-state index contributed by atoms with van der Waals surface area (Å²) in [6.45, 7) is 2.33. The highest BCUT2D eigenvalue weighted by atomic mass is 79.9. The first-order valence-electron chi connectivity index (χ1n) is 10.6. The number of halogens is 2. The first-order valence-corrected chi connectivity index (χ1v) is 12.7. The van der Waals surface area contributed by atoms with Crippen LogP contribution in [0.15, 0.2) is 70.0 Å². The van der Waals surface area contributed by atoms with Crippen LogP contribution in [0.3, 0.4) is 0 Å². The van der Waals surface area contributed by atoms with Crippen LogP contribution in [-0.2, 0) is 17.8 Å². The lowest BCUT2D eigenvalue weighted by atomic mass is 10.1. The van der Waals surface area contributed by atoms with E-state index in [4.69, 9.17) is 16.3 Å². The predicted molar refractivity (Wildman–Crippen MR) is 142 cm³/mol. The highest BCUT2D eigenvalue weighted by Crippen LogP contribution is 2.37. The first kappa shape index (κ1) is 24.2. The van der Waals surface area contributed by atoms with E-state index in [1.165, 1.54) is 17.3 Å². The zero-order valence-electron chi connectivity index (χ0n) is 18.3. The predicted octanol–water partition coefficient (Wildman–Crippen LogP) is 6.72. The molecule has 1 amide bonds. The summed E-state index contributed by atoms with van der Waals surface area (Å²) in [4.78, 5) is 13.1. The summed E-state index contributed by atoms with van der Waals surface area (Å²) in [5.74, 6) is 0.337. The Balaban J connectivity index is 1.45. The molecule has 1 heterocycles. The molecule has 4 rings (SSSR count). The molecule has 0 saturated carbocycles. The van der Waals surface area contributed by atoms with Crippen LogP contribution in [0.25, 0.3) is 6.08 Å². The summed E-state index contributed by atoms with van der Waals surface area (Å²) in [6.07, 6.45) is 2.78. The van der Waals surface area contributed by atoms with Crippen LogP contribution in [0, 0.1) is 11.3 Å². The Morgan fingerprint density at radius 2 is 2.00 bits per heavy atom. The molecule has 1 aliphatic heterocycles. The van der Waals surface area contributed by atoms with Crippen molar-refractivity contribution in [1.29, 1.82) is 5.26 Å². The number of nitrogens with one attached hydrogen (secondary N) is 2. The van der Waals surface area contributed by atoms with Gasteiger partial charge in [0.1, 0.15) is 6.61 Å². The van der Waals surface area contributed by atoms with Gasteiger partial charge in [-0.05, 0) is 69.9 Å². The van der Waals surface area contributed by atoms with Gasteiger partial charge < -0.3 is 15.4 Å². The maximum atomic E-state index is 12.5. The molecule has 1 fully saturated rings. The average molecular weight is 555 g/mol. The molecule has 0 aromatic heterocycles. The highest BCUT2D eigenvalue weighted by Gasteiger charge is 2.27. The van der Waals surface area contributed by atoms with Crippen molar-refractivity contribution in [1.82, 2.24) is 5.32 Å². The third kappa shape index (κ3) is 5.76. The highest BCUT2D eigenvalue weighted by molar-refractivity contribution is 9.10. The first-order chi connectivity index (χ1) is 16.5. The topological polar surface area (TPSA) is 74.2 Å². The molecule has 1 atom stereocenters. The number of rotatable bonds is 7. The fraction of sp³-hybridized carbons (Fsp3) is 0.154. The minimum Gasteiger partial charge on any atom is -0.486 e. The quantitative estimate of drug-likeness (QED) is 0.317. The van der Waals surface area contributed by atoms with E-state index in [0.29, 0.717) is 25.7 Å². The van der Waals surface area contributed by atoms with Crippen LogP contribution in [-0.4, -0.2) is 11.4 Å². The van der Waals surface area contributed by atoms with Gasteiger partial charge in [-0.15, -0.1) is 0 Å². The molecule has 2 N–H and O–H groups in total. The summed E-state index contributed by atoms with van der Waals surface area (Å²) in [5, 5.41) is 15.9. The van der Waals surface area contributed by atoms with E-state index in [2.05, 4.69) is 51.7 Å². The monoisotopic (exact) mass is 553 g/mol. The van der Waals surface area contributed by atoms with Crippen molar-refractivity contribution in [3.63, 3.8) is 0 Å². The van der Waals surface area contributed by atoms with Gasteiger partial charge in [0, 0.05) is 11.3 Å². The van der Waals surface area contributed by atoms with Gasteiger partial charge in [-0.2, -0.15) is 5.26 Å². The van der Waals surface area contributed by atoms with E-state index < -0.39 is 0 Å². The Hall–Kier alpha value is -2.92. The average Bonchev–Trinajstić information content (AvgIpc) is 3.17.